The molecular formula is C17H23NO4S. The number of carboxylic acids is 1. The van der Waals surface area contributed by atoms with Crippen molar-refractivity contribution in [3.8, 4) is 0 Å². The number of carbonyl (C=O) groups excluding carboxylic acids is 1. The zero-order valence-electron chi connectivity index (χ0n) is 13.1. The molecule has 1 atom stereocenters. The molecule has 126 valence electrons. The van der Waals surface area contributed by atoms with Gasteiger partial charge < -0.3 is 15.5 Å². The van der Waals surface area contributed by atoms with Crippen molar-refractivity contribution in [1.29, 1.82) is 0 Å². The van der Waals surface area contributed by atoms with Gasteiger partial charge in [-0.1, -0.05) is 6.07 Å². The number of fused-ring (bicyclic) bond motifs is 3. The van der Waals surface area contributed by atoms with E-state index in [4.69, 9.17) is 0 Å². The Morgan fingerprint density at radius 3 is 2.26 bits per heavy atom. The Morgan fingerprint density at radius 1 is 1.17 bits per heavy atom. The minimum Gasteiger partial charge on any atom is -0.481 e. The lowest BCUT2D eigenvalue weighted by atomic mass is 9.53. The first-order chi connectivity index (χ1) is 11.0. The van der Waals surface area contributed by atoms with E-state index >= 15 is 0 Å². The molecule has 6 heteroatoms. The molecule has 5 nitrogen and oxygen atoms in total. The summed E-state index contributed by atoms with van der Waals surface area (Å²) in [5.74, 6) is -0.719. The quantitative estimate of drug-likeness (QED) is 0.743. The first-order valence-electron chi connectivity index (χ1n) is 8.17. The monoisotopic (exact) mass is 337 g/mol. The van der Waals surface area contributed by atoms with Gasteiger partial charge in [0.2, 0.25) is 5.91 Å². The summed E-state index contributed by atoms with van der Waals surface area (Å²) in [6.07, 6.45) is 4.32. The number of carbonyl (C=O) groups is 2. The first kappa shape index (κ1) is 16.5. The van der Waals surface area contributed by atoms with Gasteiger partial charge in [0.1, 0.15) is 0 Å². The number of amides is 1. The van der Waals surface area contributed by atoms with Crippen molar-refractivity contribution in [3.63, 3.8) is 0 Å². The van der Waals surface area contributed by atoms with Crippen LogP contribution in [0.2, 0.25) is 0 Å². The molecule has 1 amide bonds. The molecule has 23 heavy (non-hydrogen) atoms. The smallest absolute Gasteiger partial charge is 0.309 e. The van der Waals surface area contributed by atoms with Gasteiger partial charge >= 0.3 is 5.97 Å². The Kier molecular flexibility index (Phi) is 4.47. The van der Waals surface area contributed by atoms with Crippen molar-refractivity contribution in [2.24, 2.45) is 10.8 Å². The van der Waals surface area contributed by atoms with Crippen LogP contribution in [0.1, 0.15) is 43.4 Å². The molecule has 2 bridgehead atoms. The molecule has 0 aliphatic heterocycles. The van der Waals surface area contributed by atoms with Gasteiger partial charge in [-0.25, -0.2) is 0 Å². The average molecular weight is 337 g/mol. The molecule has 3 aliphatic rings. The van der Waals surface area contributed by atoms with E-state index in [1.807, 2.05) is 17.5 Å². The van der Waals surface area contributed by atoms with Gasteiger partial charge in [0.05, 0.1) is 18.1 Å². The SMILES string of the molecule is O=C(O)C12CCC(C(=O)NC(CO)Cc3cccs3)(CC1)CC2. The number of rotatable bonds is 6. The molecule has 0 radical (unpaired) electrons. The van der Waals surface area contributed by atoms with Crippen molar-refractivity contribution in [3.05, 3.63) is 22.4 Å². The fourth-order valence-electron chi connectivity index (χ4n) is 4.02. The number of thiophene rings is 1. The summed E-state index contributed by atoms with van der Waals surface area (Å²) in [6, 6.07) is 3.69. The molecule has 4 rings (SSSR count). The second-order valence-electron chi connectivity index (χ2n) is 7.00. The summed E-state index contributed by atoms with van der Waals surface area (Å²) in [5.41, 5.74) is -1.03. The van der Waals surface area contributed by atoms with E-state index in [0.29, 0.717) is 44.9 Å². The van der Waals surface area contributed by atoms with Gasteiger partial charge in [-0.05, 0) is 50.0 Å². The summed E-state index contributed by atoms with van der Waals surface area (Å²) < 4.78 is 0. The van der Waals surface area contributed by atoms with Crippen molar-refractivity contribution in [2.75, 3.05) is 6.61 Å². The Labute approximate surface area is 139 Å². The summed E-state index contributed by atoms with van der Waals surface area (Å²) in [4.78, 5) is 25.4. The van der Waals surface area contributed by atoms with Crippen LogP contribution in [0.4, 0.5) is 0 Å². The zero-order chi connectivity index (χ0) is 16.5. The maximum Gasteiger partial charge on any atom is 0.309 e. The Bertz CT molecular complexity index is 559. The Balaban J connectivity index is 1.63. The minimum absolute atomic E-state index is 0.00760. The molecule has 1 heterocycles. The molecule has 3 aliphatic carbocycles. The molecule has 1 unspecified atom stereocenters. The lowest BCUT2D eigenvalue weighted by Gasteiger charge is -2.50. The van der Waals surface area contributed by atoms with Crippen LogP contribution in [0.5, 0.6) is 0 Å². The number of nitrogens with one attached hydrogen (secondary N) is 1. The van der Waals surface area contributed by atoms with E-state index < -0.39 is 16.8 Å². The molecule has 1 aromatic rings. The van der Waals surface area contributed by atoms with Crippen LogP contribution in [-0.4, -0.2) is 34.7 Å². The van der Waals surface area contributed by atoms with E-state index in [-0.39, 0.29) is 18.6 Å². The molecule has 0 aromatic carbocycles. The summed E-state index contributed by atoms with van der Waals surface area (Å²) >= 11 is 1.62. The van der Waals surface area contributed by atoms with Gasteiger partial charge in [-0.2, -0.15) is 0 Å². The highest BCUT2D eigenvalue weighted by atomic mass is 32.1. The third kappa shape index (κ3) is 3.02. The van der Waals surface area contributed by atoms with Gasteiger partial charge in [0.15, 0.2) is 0 Å². The van der Waals surface area contributed by atoms with Crippen LogP contribution < -0.4 is 5.32 Å². The highest BCUT2D eigenvalue weighted by Crippen LogP contribution is 2.57. The maximum absolute atomic E-state index is 12.8. The van der Waals surface area contributed by atoms with E-state index in [0.717, 1.165) is 4.88 Å². The van der Waals surface area contributed by atoms with Crippen LogP contribution in [0.15, 0.2) is 17.5 Å². The second kappa shape index (κ2) is 6.24. The number of hydrogen-bond donors (Lipinski definition) is 3. The number of aliphatic hydroxyl groups is 1. The van der Waals surface area contributed by atoms with Crippen LogP contribution >= 0.6 is 11.3 Å². The first-order valence-corrected chi connectivity index (χ1v) is 9.05. The number of aliphatic carboxylic acids is 1. The van der Waals surface area contributed by atoms with Crippen molar-refractivity contribution in [2.45, 2.75) is 51.0 Å². The third-order valence-electron chi connectivity index (χ3n) is 5.76. The molecule has 3 saturated carbocycles. The standard InChI is InChI=1S/C17H23NO4S/c19-11-12(10-13-2-1-9-23-13)18-14(20)16-3-6-17(7-4-16,8-5-16)15(21)22/h1-2,9,12,19H,3-8,10-11H2,(H,18,20)(H,21,22). The predicted molar refractivity (Wildman–Crippen MR) is 87.2 cm³/mol. The van der Waals surface area contributed by atoms with Gasteiger partial charge in [-0.3, -0.25) is 9.59 Å². The molecule has 3 fully saturated rings. The van der Waals surface area contributed by atoms with Crippen molar-refractivity contribution >= 4 is 23.2 Å². The van der Waals surface area contributed by atoms with E-state index in [2.05, 4.69) is 5.32 Å². The summed E-state index contributed by atoms with van der Waals surface area (Å²) in [7, 11) is 0. The number of carboxylic acid groups (broad SMARTS) is 1. The zero-order valence-corrected chi connectivity index (χ0v) is 13.9. The van der Waals surface area contributed by atoms with E-state index in [1.54, 1.807) is 11.3 Å². The van der Waals surface area contributed by atoms with Gasteiger partial charge in [0, 0.05) is 16.7 Å². The predicted octanol–water partition coefficient (Wildman–Crippen LogP) is 2.19. The maximum atomic E-state index is 12.8. The average Bonchev–Trinajstić information content (AvgIpc) is 3.08. The summed E-state index contributed by atoms with van der Waals surface area (Å²) in [6.45, 7) is -0.0845. The van der Waals surface area contributed by atoms with Crippen molar-refractivity contribution < 1.29 is 19.8 Å². The number of aliphatic hydroxyl groups excluding tert-OH is 1. The fourth-order valence-corrected chi connectivity index (χ4v) is 4.80. The van der Waals surface area contributed by atoms with Gasteiger partial charge in [-0.15, -0.1) is 11.3 Å². The lowest BCUT2D eigenvalue weighted by molar-refractivity contribution is -0.163. The van der Waals surface area contributed by atoms with Gasteiger partial charge in [0.25, 0.3) is 0 Å². The van der Waals surface area contributed by atoms with Crippen molar-refractivity contribution in [1.82, 2.24) is 5.32 Å². The van der Waals surface area contributed by atoms with Crippen LogP contribution in [0, 0.1) is 10.8 Å². The van der Waals surface area contributed by atoms with Crippen LogP contribution in [0.25, 0.3) is 0 Å². The Hall–Kier alpha value is -1.40. The minimum atomic E-state index is -0.711. The summed E-state index contributed by atoms with van der Waals surface area (Å²) in [5, 5.41) is 24.0. The molecule has 1 aromatic heterocycles. The molecular weight excluding hydrogens is 314 g/mol. The van der Waals surface area contributed by atoms with Crippen LogP contribution in [-0.2, 0) is 16.0 Å². The largest absolute Gasteiger partial charge is 0.481 e. The highest BCUT2D eigenvalue weighted by molar-refractivity contribution is 7.09. The molecule has 0 spiro atoms. The second-order valence-corrected chi connectivity index (χ2v) is 8.03. The molecule has 0 saturated heterocycles. The molecule has 3 N–H and O–H groups in total. The third-order valence-corrected chi connectivity index (χ3v) is 6.66. The Morgan fingerprint density at radius 2 is 1.78 bits per heavy atom. The number of hydrogen-bond acceptors (Lipinski definition) is 4. The van der Waals surface area contributed by atoms with E-state index in [1.165, 1.54) is 0 Å². The fraction of sp³-hybridized carbons (Fsp3) is 0.647. The highest BCUT2D eigenvalue weighted by Gasteiger charge is 2.55. The normalized spacial score (nSPS) is 30.8. The van der Waals surface area contributed by atoms with Crippen LogP contribution in [0.3, 0.4) is 0 Å². The van der Waals surface area contributed by atoms with E-state index in [9.17, 15) is 19.8 Å². The lowest BCUT2D eigenvalue weighted by Crippen LogP contribution is -2.54. The topological polar surface area (TPSA) is 86.6 Å².